The predicted octanol–water partition coefficient (Wildman–Crippen LogP) is 3.31. The molecule has 3 aromatic heterocycles. The summed E-state index contributed by atoms with van der Waals surface area (Å²) >= 11 is 0. The molecule has 28 heavy (non-hydrogen) atoms. The Morgan fingerprint density at radius 1 is 1.04 bits per heavy atom. The van der Waals surface area contributed by atoms with Gasteiger partial charge in [0.25, 0.3) is 0 Å². The second kappa shape index (κ2) is 6.95. The van der Waals surface area contributed by atoms with Gasteiger partial charge in [-0.25, -0.2) is 4.79 Å². The van der Waals surface area contributed by atoms with Gasteiger partial charge in [-0.1, -0.05) is 12.1 Å². The summed E-state index contributed by atoms with van der Waals surface area (Å²) in [5.74, 6) is 0. The maximum atomic E-state index is 13.2. The molecule has 0 atom stereocenters. The Morgan fingerprint density at radius 2 is 1.86 bits per heavy atom. The molecule has 1 N–H and O–H groups in total. The summed E-state index contributed by atoms with van der Waals surface area (Å²) in [6.07, 6.45) is 7.51. The first-order valence-electron chi connectivity index (χ1n) is 10.0. The molecule has 1 fully saturated rings. The van der Waals surface area contributed by atoms with E-state index >= 15 is 0 Å². The van der Waals surface area contributed by atoms with Crippen molar-refractivity contribution in [2.75, 3.05) is 6.61 Å². The molecule has 0 amide bonds. The molecular formula is C22H24N4O2. The van der Waals surface area contributed by atoms with E-state index in [1.54, 1.807) is 6.20 Å². The number of imidazole rings is 1. The number of aliphatic hydroxyl groups excluding tert-OH is 1. The van der Waals surface area contributed by atoms with Gasteiger partial charge in [0.1, 0.15) is 0 Å². The minimum absolute atomic E-state index is 0.0778. The largest absolute Gasteiger partial charge is 0.396 e. The van der Waals surface area contributed by atoms with Crippen LogP contribution in [-0.2, 0) is 13.1 Å². The van der Waals surface area contributed by atoms with E-state index in [4.69, 9.17) is 5.11 Å². The van der Waals surface area contributed by atoms with E-state index in [-0.39, 0.29) is 12.3 Å². The number of fused-ring (bicyclic) bond motifs is 2. The lowest BCUT2D eigenvalue weighted by Gasteiger charge is -2.11. The van der Waals surface area contributed by atoms with Crippen molar-refractivity contribution in [1.29, 1.82) is 0 Å². The Balaban J connectivity index is 1.62. The number of unbranched alkanes of at least 4 members (excludes halogenated alkanes) is 1. The van der Waals surface area contributed by atoms with Gasteiger partial charge in [-0.15, -0.1) is 0 Å². The molecule has 1 saturated carbocycles. The van der Waals surface area contributed by atoms with E-state index in [1.165, 1.54) is 0 Å². The molecule has 1 aliphatic carbocycles. The molecule has 144 valence electrons. The van der Waals surface area contributed by atoms with Crippen LogP contribution in [0.15, 0.2) is 53.6 Å². The third-order valence-corrected chi connectivity index (χ3v) is 5.68. The molecule has 1 aromatic carbocycles. The highest BCUT2D eigenvalue weighted by Crippen LogP contribution is 2.36. The average Bonchev–Trinajstić information content (AvgIpc) is 3.43. The highest BCUT2D eigenvalue weighted by molar-refractivity contribution is 5.80. The van der Waals surface area contributed by atoms with Crippen molar-refractivity contribution in [3.05, 3.63) is 65.0 Å². The van der Waals surface area contributed by atoms with E-state index in [0.717, 1.165) is 59.9 Å². The fourth-order valence-corrected chi connectivity index (χ4v) is 4.18. The first-order chi connectivity index (χ1) is 13.8. The third kappa shape index (κ3) is 2.85. The molecule has 0 bridgehead atoms. The van der Waals surface area contributed by atoms with Crippen LogP contribution in [0, 0.1) is 0 Å². The number of pyridine rings is 1. The van der Waals surface area contributed by atoms with Gasteiger partial charge in [-0.05, 0) is 49.9 Å². The van der Waals surface area contributed by atoms with Crippen LogP contribution in [0.3, 0.4) is 0 Å². The predicted molar refractivity (Wildman–Crippen MR) is 110 cm³/mol. The second-order valence-corrected chi connectivity index (χ2v) is 7.61. The van der Waals surface area contributed by atoms with Crippen LogP contribution >= 0.6 is 0 Å². The fraction of sp³-hybridized carbons (Fsp3) is 0.364. The molecule has 3 heterocycles. The first kappa shape index (κ1) is 17.3. The second-order valence-electron chi connectivity index (χ2n) is 7.61. The summed E-state index contributed by atoms with van der Waals surface area (Å²) in [5, 5.41) is 10.2. The fourth-order valence-electron chi connectivity index (χ4n) is 4.18. The van der Waals surface area contributed by atoms with E-state index in [2.05, 4.69) is 15.6 Å². The zero-order chi connectivity index (χ0) is 19.1. The normalized spacial score (nSPS) is 14.3. The Bertz CT molecular complexity index is 1200. The summed E-state index contributed by atoms with van der Waals surface area (Å²) in [6.45, 7) is 1.55. The molecule has 4 aromatic rings. The molecule has 0 aliphatic heterocycles. The standard InChI is InChI=1S/C22H24N4O2/c27-12-4-3-11-24-18(13-16-14-23-10-9-19(16)24)15-25-20-5-1-2-6-21(20)26(22(25)28)17-7-8-17/h1-2,5-6,9-10,13-14,17,27H,3-4,7-8,11-12,15H2. The summed E-state index contributed by atoms with van der Waals surface area (Å²) in [5.41, 5.74) is 4.32. The zero-order valence-corrected chi connectivity index (χ0v) is 15.8. The molecule has 6 heteroatoms. The Labute approximate surface area is 162 Å². The van der Waals surface area contributed by atoms with Crippen molar-refractivity contribution < 1.29 is 5.11 Å². The van der Waals surface area contributed by atoms with Crippen molar-refractivity contribution in [2.24, 2.45) is 0 Å². The van der Waals surface area contributed by atoms with Gasteiger partial charge < -0.3 is 9.67 Å². The van der Waals surface area contributed by atoms with Crippen LogP contribution in [0.5, 0.6) is 0 Å². The highest BCUT2D eigenvalue weighted by atomic mass is 16.2. The van der Waals surface area contributed by atoms with Crippen molar-refractivity contribution in [3.8, 4) is 0 Å². The van der Waals surface area contributed by atoms with Gasteiger partial charge in [0, 0.05) is 42.7 Å². The molecule has 0 unspecified atom stereocenters. The minimum Gasteiger partial charge on any atom is -0.396 e. The van der Waals surface area contributed by atoms with E-state index in [0.29, 0.717) is 12.6 Å². The van der Waals surface area contributed by atoms with E-state index in [9.17, 15) is 4.79 Å². The van der Waals surface area contributed by atoms with Gasteiger partial charge in [-0.3, -0.25) is 14.1 Å². The molecule has 1 aliphatic rings. The summed E-state index contributed by atoms with van der Waals surface area (Å²) in [6, 6.07) is 12.6. The summed E-state index contributed by atoms with van der Waals surface area (Å²) in [4.78, 5) is 17.5. The van der Waals surface area contributed by atoms with Crippen LogP contribution in [0.4, 0.5) is 0 Å². The van der Waals surface area contributed by atoms with Crippen molar-refractivity contribution >= 4 is 21.9 Å². The number of aliphatic hydroxyl groups is 1. The Hall–Kier alpha value is -2.86. The number of aryl methyl sites for hydroxylation is 1. The number of para-hydroxylation sites is 2. The monoisotopic (exact) mass is 376 g/mol. The van der Waals surface area contributed by atoms with Crippen molar-refractivity contribution in [1.82, 2.24) is 18.7 Å². The molecule has 6 nitrogen and oxygen atoms in total. The maximum Gasteiger partial charge on any atom is 0.329 e. The third-order valence-electron chi connectivity index (χ3n) is 5.68. The van der Waals surface area contributed by atoms with Gasteiger partial charge in [0.05, 0.1) is 23.1 Å². The van der Waals surface area contributed by atoms with Crippen molar-refractivity contribution in [2.45, 2.75) is 44.8 Å². The number of hydrogen-bond donors (Lipinski definition) is 1. The summed E-state index contributed by atoms with van der Waals surface area (Å²) in [7, 11) is 0. The quantitative estimate of drug-likeness (QED) is 0.503. The van der Waals surface area contributed by atoms with Crippen LogP contribution < -0.4 is 5.69 Å². The van der Waals surface area contributed by atoms with Gasteiger partial charge in [0.2, 0.25) is 0 Å². The van der Waals surface area contributed by atoms with Crippen molar-refractivity contribution in [3.63, 3.8) is 0 Å². The SMILES string of the molecule is O=c1n(Cc2cc3cnccc3n2CCCCO)c2ccccc2n1C1CC1. The Kier molecular flexibility index (Phi) is 4.28. The molecular weight excluding hydrogens is 352 g/mol. The van der Waals surface area contributed by atoms with Crippen LogP contribution in [0.1, 0.15) is 37.4 Å². The first-order valence-corrected chi connectivity index (χ1v) is 10.0. The maximum absolute atomic E-state index is 13.2. The topological polar surface area (TPSA) is 65.0 Å². The highest BCUT2D eigenvalue weighted by Gasteiger charge is 2.29. The number of nitrogens with zero attached hydrogens (tertiary/aromatic N) is 4. The molecule has 5 rings (SSSR count). The lowest BCUT2D eigenvalue weighted by molar-refractivity contribution is 0.281. The lowest BCUT2D eigenvalue weighted by atomic mass is 10.3. The molecule has 0 spiro atoms. The summed E-state index contributed by atoms with van der Waals surface area (Å²) < 4.78 is 6.13. The number of benzene rings is 1. The number of aromatic nitrogens is 4. The number of rotatable bonds is 7. The van der Waals surface area contributed by atoms with Gasteiger partial charge in [0.15, 0.2) is 0 Å². The Morgan fingerprint density at radius 3 is 2.64 bits per heavy atom. The average molecular weight is 376 g/mol. The van der Waals surface area contributed by atoms with Crippen LogP contribution in [0.2, 0.25) is 0 Å². The van der Waals surface area contributed by atoms with E-state index < -0.39 is 0 Å². The molecule has 0 saturated heterocycles. The lowest BCUT2D eigenvalue weighted by Crippen LogP contribution is -2.25. The van der Waals surface area contributed by atoms with Crippen LogP contribution in [0.25, 0.3) is 21.9 Å². The molecule has 0 radical (unpaired) electrons. The smallest absolute Gasteiger partial charge is 0.329 e. The van der Waals surface area contributed by atoms with Gasteiger partial charge >= 0.3 is 5.69 Å². The minimum atomic E-state index is 0.0778. The zero-order valence-electron chi connectivity index (χ0n) is 15.8. The number of hydrogen-bond acceptors (Lipinski definition) is 3. The van der Waals surface area contributed by atoms with E-state index in [1.807, 2.05) is 45.7 Å². The van der Waals surface area contributed by atoms with Gasteiger partial charge in [-0.2, -0.15) is 0 Å². The van der Waals surface area contributed by atoms with Crippen LogP contribution in [-0.4, -0.2) is 30.4 Å².